The van der Waals surface area contributed by atoms with Crippen LogP contribution in [0.5, 0.6) is 0 Å². The van der Waals surface area contributed by atoms with E-state index < -0.39 is 5.92 Å². The fourth-order valence-electron chi connectivity index (χ4n) is 2.08. The van der Waals surface area contributed by atoms with Gasteiger partial charge in [0.2, 0.25) is 11.8 Å². The van der Waals surface area contributed by atoms with Crippen LogP contribution in [0.3, 0.4) is 0 Å². The maximum absolute atomic E-state index is 12.9. The molecule has 1 unspecified atom stereocenters. The van der Waals surface area contributed by atoms with Gasteiger partial charge in [0.05, 0.1) is 6.04 Å². The maximum Gasteiger partial charge on any atom is 0.248 e. The molecule has 0 heterocycles. The smallest absolute Gasteiger partial charge is 0.248 e. The molecule has 0 aromatic heterocycles. The van der Waals surface area contributed by atoms with E-state index in [1.54, 1.807) is 0 Å². The van der Waals surface area contributed by atoms with Gasteiger partial charge in [-0.2, -0.15) is 0 Å². The van der Waals surface area contributed by atoms with Gasteiger partial charge in [0.15, 0.2) is 0 Å². The summed E-state index contributed by atoms with van der Waals surface area (Å²) in [5, 5.41) is 2.74. The van der Waals surface area contributed by atoms with Gasteiger partial charge in [-0.1, -0.05) is 19.3 Å². The van der Waals surface area contributed by atoms with Crippen molar-refractivity contribution in [2.45, 2.75) is 57.4 Å². The van der Waals surface area contributed by atoms with Crippen LogP contribution >= 0.6 is 0 Å². The molecular formula is C13H19F2NO. The fraction of sp³-hybridized carbons (Fsp3) is 0.769. The third-order valence-electron chi connectivity index (χ3n) is 3.18. The third-order valence-corrected chi connectivity index (χ3v) is 3.18. The van der Waals surface area contributed by atoms with Crippen molar-refractivity contribution in [3.05, 3.63) is 0 Å². The molecule has 17 heavy (non-hydrogen) atoms. The minimum absolute atomic E-state index is 0.170. The van der Waals surface area contributed by atoms with E-state index >= 15 is 0 Å². The lowest BCUT2D eigenvalue weighted by atomic mass is 9.86. The van der Waals surface area contributed by atoms with Gasteiger partial charge < -0.3 is 5.32 Å². The van der Waals surface area contributed by atoms with Crippen LogP contribution in [0.1, 0.15) is 45.4 Å². The van der Waals surface area contributed by atoms with E-state index in [-0.39, 0.29) is 43.6 Å². The molecule has 0 aromatic rings. The first-order valence-corrected chi connectivity index (χ1v) is 6.13. The third kappa shape index (κ3) is 4.33. The lowest BCUT2D eigenvalue weighted by Crippen LogP contribution is -2.40. The topological polar surface area (TPSA) is 29.1 Å². The number of halogens is 2. The zero-order valence-corrected chi connectivity index (χ0v) is 10.1. The summed E-state index contributed by atoms with van der Waals surface area (Å²) >= 11 is 0. The van der Waals surface area contributed by atoms with Crippen LogP contribution in [0.25, 0.3) is 0 Å². The Hall–Kier alpha value is -1.11. The molecule has 1 atom stereocenters. The number of hydrogen-bond acceptors (Lipinski definition) is 1. The first kappa shape index (κ1) is 14.0. The zero-order valence-electron chi connectivity index (χ0n) is 10.1. The summed E-state index contributed by atoms with van der Waals surface area (Å²) in [4.78, 5) is 11.8. The number of hydrogen-bond donors (Lipinski definition) is 1. The Bertz CT molecular complexity index is 299. The van der Waals surface area contributed by atoms with E-state index in [1.165, 1.54) is 0 Å². The maximum atomic E-state index is 12.9. The molecule has 2 nitrogen and oxygen atoms in total. The highest BCUT2D eigenvalue weighted by Crippen LogP contribution is 2.36. The highest BCUT2D eigenvalue weighted by molar-refractivity contribution is 5.79. The molecule has 1 aliphatic rings. The summed E-state index contributed by atoms with van der Waals surface area (Å²) in [6.45, 7) is 1.98. The van der Waals surface area contributed by atoms with Crippen LogP contribution in [-0.4, -0.2) is 17.9 Å². The number of rotatable bonds is 4. The van der Waals surface area contributed by atoms with Gasteiger partial charge in [-0.15, -0.1) is 6.42 Å². The van der Waals surface area contributed by atoms with Crippen molar-refractivity contribution in [3.63, 3.8) is 0 Å². The van der Waals surface area contributed by atoms with Gasteiger partial charge in [0.25, 0.3) is 0 Å². The number of amides is 1. The van der Waals surface area contributed by atoms with E-state index in [0.29, 0.717) is 0 Å². The minimum Gasteiger partial charge on any atom is -0.342 e. The summed E-state index contributed by atoms with van der Waals surface area (Å²) < 4.78 is 25.9. The van der Waals surface area contributed by atoms with Gasteiger partial charge in [-0.25, -0.2) is 8.78 Å². The number of terminal acetylenes is 1. The largest absolute Gasteiger partial charge is 0.342 e. The first-order valence-electron chi connectivity index (χ1n) is 6.13. The van der Waals surface area contributed by atoms with Gasteiger partial charge in [0, 0.05) is 18.8 Å². The molecule has 1 rings (SSSR count). The van der Waals surface area contributed by atoms with E-state index in [4.69, 9.17) is 6.42 Å². The second-order valence-corrected chi connectivity index (χ2v) is 4.65. The Morgan fingerprint density at radius 2 is 2.12 bits per heavy atom. The van der Waals surface area contributed by atoms with Crippen LogP contribution in [0.4, 0.5) is 8.78 Å². The molecule has 96 valence electrons. The molecule has 1 amide bonds. The predicted molar refractivity (Wildman–Crippen MR) is 62.6 cm³/mol. The van der Waals surface area contributed by atoms with Crippen molar-refractivity contribution in [1.82, 2.24) is 5.32 Å². The molecule has 0 spiro atoms. The first-order chi connectivity index (χ1) is 7.98. The fourth-order valence-corrected chi connectivity index (χ4v) is 2.08. The van der Waals surface area contributed by atoms with Crippen molar-refractivity contribution < 1.29 is 13.6 Å². The molecule has 0 radical (unpaired) electrons. The SMILES string of the molecule is C#CC(CCC)NC(=O)C1CCC(F)(F)CC1. The molecule has 0 aliphatic heterocycles. The number of carbonyl (C=O) groups is 1. The summed E-state index contributed by atoms with van der Waals surface area (Å²) in [7, 11) is 0. The Balaban J connectivity index is 2.41. The minimum atomic E-state index is -2.59. The van der Waals surface area contributed by atoms with Gasteiger partial charge in [0.1, 0.15) is 0 Å². The molecule has 0 saturated heterocycles. The van der Waals surface area contributed by atoms with E-state index in [0.717, 1.165) is 12.8 Å². The highest BCUT2D eigenvalue weighted by atomic mass is 19.3. The van der Waals surface area contributed by atoms with E-state index in [9.17, 15) is 13.6 Å². The van der Waals surface area contributed by atoms with Crippen molar-refractivity contribution in [2.75, 3.05) is 0 Å². The Labute approximate surface area is 101 Å². The van der Waals surface area contributed by atoms with Gasteiger partial charge >= 0.3 is 0 Å². The number of nitrogens with one attached hydrogen (secondary N) is 1. The average Bonchev–Trinajstić information content (AvgIpc) is 2.28. The summed E-state index contributed by atoms with van der Waals surface area (Å²) in [6.07, 6.45) is 7.02. The second kappa shape index (κ2) is 6.00. The Kier molecular flexibility index (Phi) is 4.92. The normalized spacial score (nSPS) is 21.5. The van der Waals surface area contributed by atoms with Crippen LogP contribution in [0.15, 0.2) is 0 Å². The standard InChI is InChI=1S/C13H19F2NO/c1-3-5-11(4-2)16-12(17)10-6-8-13(14,15)9-7-10/h2,10-11H,3,5-9H2,1H3,(H,16,17). The van der Waals surface area contributed by atoms with Gasteiger partial charge in [-0.3, -0.25) is 4.79 Å². The lowest BCUT2D eigenvalue weighted by molar-refractivity contribution is -0.129. The van der Waals surface area contributed by atoms with E-state index in [1.807, 2.05) is 6.92 Å². The zero-order chi connectivity index (χ0) is 12.9. The van der Waals surface area contributed by atoms with Crippen molar-refractivity contribution in [2.24, 2.45) is 5.92 Å². The average molecular weight is 243 g/mol. The van der Waals surface area contributed by atoms with E-state index in [2.05, 4.69) is 11.2 Å². The Morgan fingerprint density at radius 3 is 2.59 bits per heavy atom. The monoisotopic (exact) mass is 243 g/mol. The van der Waals surface area contributed by atoms with Crippen molar-refractivity contribution in [3.8, 4) is 12.3 Å². The summed E-state index contributed by atoms with van der Waals surface area (Å²) in [5.74, 6) is -0.555. The number of carbonyl (C=O) groups excluding carboxylic acids is 1. The highest BCUT2D eigenvalue weighted by Gasteiger charge is 2.37. The molecule has 1 aliphatic carbocycles. The van der Waals surface area contributed by atoms with Crippen LogP contribution in [0.2, 0.25) is 0 Å². The lowest BCUT2D eigenvalue weighted by Gasteiger charge is -2.28. The molecule has 0 aromatic carbocycles. The summed E-state index contributed by atoms with van der Waals surface area (Å²) in [5.41, 5.74) is 0. The van der Waals surface area contributed by atoms with Crippen molar-refractivity contribution >= 4 is 5.91 Å². The molecule has 1 saturated carbocycles. The molecule has 1 fully saturated rings. The predicted octanol–water partition coefficient (Wildman–Crippen LogP) is 2.73. The van der Waals surface area contributed by atoms with Crippen LogP contribution in [-0.2, 0) is 4.79 Å². The van der Waals surface area contributed by atoms with Crippen LogP contribution in [0, 0.1) is 18.3 Å². The van der Waals surface area contributed by atoms with Crippen LogP contribution < -0.4 is 5.32 Å². The Morgan fingerprint density at radius 1 is 1.53 bits per heavy atom. The summed E-state index contributed by atoms with van der Waals surface area (Å²) in [6, 6.07) is -0.269. The molecule has 0 bridgehead atoms. The quantitative estimate of drug-likeness (QED) is 0.756. The molecule has 4 heteroatoms. The van der Waals surface area contributed by atoms with Crippen molar-refractivity contribution in [1.29, 1.82) is 0 Å². The number of alkyl halides is 2. The van der Waals surface area contributed by atoms with Gasteiger partial charge in [-0.05, 0) is 19.3 Å². The molecular weight excluding hydrogens is 224 g/mol. The second-order valence-electron chi connectivity index (χ2n) is 4.65. The molecule has 1 N–H and O–H groups in total.